The predicted octanol–water partition coefficient (Wildman–Crippen LogP) is 4.44. The second kappa shape index (κ2) is 13.2. The molecule has 10 heteroatoms. The highest BCUT2D eigenvalue weighted by Crippen LogP contribution is 2.28. The number of aromatic nitrogens is 1. The van der Waals surface area contributed by atoms with Gasteiger partial charge in [0.25, 0.3) is 5.91 Å². The number of nitrogens with zero attached hydrogens (tertiary/aromatic N) is 4. The van der Waals surface area contributed by atoms with Crippen LogP contribution in [-0.4, -0.2) is 82.7 Å². The van der Waals surface area contributed by atoms with Gasteiger partial charge in [0, 0.05) is 54.7 Å². The topological polar surface area (TPSA) is 85.8 Å². The van der Waals surface area contributed by atoms with Crippen LogP contribution in [0.2, 0.25) is 5.02 Å². The van der Waals surface area contributed by atoms with Crippen molar-refractivity contribution in [1.29, 1.82) is 0 Å². The predicted molar refractivity (Wildman–Crippen MR) is 158 cm³/mol. The number of piperazine rings is 1. The molecule has 3 aromatic rings. The third-order valence-corrected chi connectivity index (χ3v) is 8.04. The molecule has 0 unspecified atom stereocenters. The first-order valence-electron chi connectivity index (χ1n) is 13.5. The van der Waals surface area contributed by atoms with E-state index in [4.69, 9.17) is 11.6 Å². The van der Waals surface area contributed by atoms with Gasteiger partial charge in [0.1, 0.15) is 6.54 Å². The molecule has 8 nitrogen and oxygen atoms in total. The van der Waals surface area contributed by atoms with Gasteiger partial charge in [-0.15, -0.1) is 11.3 Å². The lowest BCUT2D eigenvalue weighted by Crippen LogP contribution is -2.49. The summed E-state index contributed by atoms with van der Waals surface area (Å²) in [7, 11) is 0. The Morgan fingerprint density at radius 2 is 1.75 bits per heavy atom. The molecule has 1 aliphatic carbocycles. The maximum atomic E-state index is 13.0. The zero-order chi connectivity index (χ0) is 27.9. The van der Waals surface area contributed by atoms with Gasteiger partial charge in [0.05, 0.1) is 12.1 Å². The lowest BCUT2D eigenvalue weighted by atomic mass is 10.2. The van der Waals surface area contributed by atoms with Gasteiger partial charge in [-0.05, 0) is 42.7 Å². The quantitative estimate of drug-likeness (QED) is 0.385. The molecule has 2 aliphatic rings. The summed E-state index contributed by atoms with van der Waals surface area (Å²) >= 11 is 7.22. The lowest BCUT2D eigenvalue weighted by molar-refractivity contribution is -0.132. The fourth-order valence-electron chi connectivity index (χ4n) is 4.62. The molecule has 208 valence electrons. The number of anilines is 1. The molecule has 2 fully saturated rings. The largest absolute Gasteiger partial charge is 0.340 e. The number of hydrogen-bond acceptors (Lipinski definition) is 6. The summed E-state index contributed by atoms with van der Waals surface area (Å²) in [4.78, 5) is 48.9. The van der Waals surface area contributed by atoms with Gasteiger partial charge >= 0.3 is 0 Å². The zero-order valence-corrected chi connectivity index (χ0v) is 23.7. The van der Waals surface area contributed by atoms with Gasteiger partial charge in [-0.3, -0.25) is 19.3 Å². The van der Waals surface area contributed by atoms with Crippen molar-refractivity contribution >= 4 is 51.9 Å². The first-order chi connectivity index (χ1) is 19.4. The number of carbonyl (C=O) groups excluding carboxylic acids is 3. The van der Waals surface area contributed by atoms with Crippen molar-refractivity contribution in [1.82, 2.24) is 19.7 Å². The maximum Gasteiger partial charge on any atom is 0.254 e. The number of halogens is 1. The summed E-state index contributed by atoms with van der Waals surface area (Å²) in [5.41, 5.74) is 2.32. The summed E-state index contributed by atoms with van der Waals surface area (Å²) < 4.78 is 0. The Bertz CT molecular complexity index is 1350. The maximum absolute atomic E-state index is 13.0. The van der Waals surface area contributed by atoms with Crippen molar-refractivity contribution < 1.29 is 14.4 Å². The third kappa shape index (κ3) is 7.78. The van der Waals surface area contributed by atoms with Crippen LogP contribution in [-0.2, 0) is 16.0 Å². The average molecular weight is 578 g/mol. The minimum absolute atomic E-state index is 0.0381. The van der Waals surface area contributed by atoms with Gasteiger partial charge in [-0.2, -0.15) is 0 Å². The van der Waals surface area contributed by atoms with Crippen molar-refractivity contribution in [2.75, 3.05) is 44.6 Å². The minimum atomic E-state index is -0.307. The van der Waals surface area contributed by atoms with Crippen LogP contribution in [0, 0.1) is 0 Å². The molecular formula is C30H32ClN5O3S. The molecule has 2 heterocycles. The standard InChI is InChI=1S/C30H32ClN5O3S/c31-24-10-8-23(9-11-24)29(39)36(26-12-13-26)20-27(37)33-30-32-25(21-40-30)19-28(38)35-17-15-34(16-18-35)14-4-7-22-5-2-1-3-6-22/h1-11,21,26H,12-20H2,(H,32,33,37)/b7-4+. The number of hydrogen-bond donors (Lipinski definition) is 1. The summed E-state index contributed by atoms with van der Waals surface area (Å²) in [5.74, 6) is -0.456. The minimum Gasteiger partial charge on any atom is -0.340 e. The Morgan fingerprint density at radius 3 is 2.45 bits per heavy atom. The van der Waals surface area contributed by atoms with Crippen LogP contribution in [0.3, 0.4) is 0 Å². The fourth-order valence-corrected chi connectivity index (χ4v) is 5.47. The lowest BCUT2D eigenvalue weighted by Gasteiger charge is -2.34. The van der Waals surface area contributed by atoms with E-state index in [1.54, 1.807) is 34.5 Å². The van der Waals surface area contributed by atoms with Crippen molar-refractivity contribution in [3.05, 3.63) is 87.9 Å². The Labute approximate surface area is 243 Å². The number of rotatable bonds is 10. The highest BCUT2D eigenvalue weighted by molar-refractivity contribution is 7.13. The summed E-state index contributed by atoms with van der Waals surface area (Å²) in [6.07, 6.45) is 6.25. The number of nitrogens with one attached hydrogen (secondary N) is 1. The Kier molecular flexibility index (Phi) is 9.26. The molecule has 40 heavy (non-hydrogen) atoms. The zero-order valence-electron chi connectivity index (χ0n) is 22.2. The SMILES string of the molecule is O=C(CN(C(=O)c1ccc(Cl)cc1)C1CC1)Nc1nc(CC(=O)N2CCN(C/C=C/c3ccccc3)CC2)cs1. The molecule has 1 N–H and O–H groups in total. The first-order valence-corrected chi connectivity index (χ1v) is 14.7. The van der Waals surface area contributed by atoms with E-state index in [-0.39, 0.29) is 36.7 Å². The van der Waals surface area contributed by atoms with E-state index in [1.807, 2.05) is 23.1 Å². The van der Waals surface area contributed by atoms with E-state index in [0.29, 0.717) is 34.5 Å². The van der Waals surface area contributed by atoms with E-state index >= 15 is 0 Å². The monoisotopic (exact) mass is 577 g/mol. The smallest absolute Gasteiger partial charge is 0.254 e. The van der Waals surface area contributed by atoms with Crippen molar-refractivity contribution in [3.8, 4) is 0 Å². The molecule has 2 aromatic carbocycles. The Hall–Kier alpha value is -3.53. The molecule has 0 radical (unpaired) electrons. The average Bonchev–Trinajstić information content (AvgIpc) is 3.72. The highest BCUT2D eigenvalue weighted by Gasteiger charge is 2.34. The number of thiazole rings is 1. The molecule has 1 aliphatic heterocycles. The number of carbonyl (C=O) groups is 3. The van der Waals surface area contributed by atoms with E-state index in [1.165, 1.54) is 16.9 Å². The van der Waals surface area contributed by atoms with E-state index in [9.17, 15) is 14.4 Å². The van der Waals surface area contributed by atoms with Crippen LogP contribution in [0.4, 0.5) is 5.13 Å². The van der Waals surface area contributed by atoms with Gasteiger partial charge in [0.15, 0.2) is 5.13 Å². The van der Waals surface area contributed by atoms with Crippen LogP contribution < -0.4 is 5.32 Å². The molecule has 5 rings (SSSR count). The van der Waals surface area contributed by atoms with Gasteiger partial charge in [0.2, 0.25) is 11.8 Å². The summed E-state index contributed by atoms with van der Waals surface area (Å²) in [6, 6.07) is 17.0. The molecular weight excluding hydrogens is 546 g/mol. The van der Waals surface area contributed by atoms with Gasteiger partial charge in [-0.1, -0.05) is 54.1 Å². The third-order valence-electron chi connectivity index (χ3n) is 6.98. The number of benzene rings is 2. The normalized spacial score (nSPS) is 15.8. The highest BCUT2D eigenvalue weighted by atomic mass is 35.5. The molecule has 1 saturated heterocycles. The van der Waals surface area contributed by atoms with E-state index < -0.39 is 0 Å². The van der Waals surface area contributed by atoms with E-state index in [0.717, 1.165) is 32.5 Å². The van der Waals surface area contributed by atoms with Crippen molar-refractivity contribution in [2.45, 2.75) is 25.3 Å². The molecule has 1 aromatic heterocycles. The second-order valence-electron chi connectivity index (χ2n) is 10.0. The second-order valence-corrected chi connectivity index (χ2v) is 11.3. The Balaban J connectivity index is 1.06. The molecule has 0 atom stereocenters. The molecule has 1 saturated carbocycles. The summed E-state index contributed by atoms with van der Waals surface area (Å²) in [5, 5.41) is 5.58. The van der Waals surface area contributed by atoms with Crippen molar-refractivity contribution in [3.63, 3.8) is 0 Å². The van der Waals surface area contributed by atoms with E-state index in [2.05, 4.69) is 39.5 Å². The van der Waals surface area contributed by atoms with Crippen LogP contribution in [0.1, 0.15) is 34.5 Å². The summed E-state index contributed by atoms with van der Waals surface area (Å²) in [6.45, 7) is 3.83. The number of amides is 3. The first kappa shape index (κ1) is 28.0. The molecule has 3 amide bonds. The van der Waals surface area contributed by atoms with Crippen LogP contribution in [0.25, 0.3) is 6.08 Å². The Morgan fingerprint density at radius 1 is 1.02 bits per heavy atom. The molecule has 0 spiro atoms. The fraction of sp³-hybridized carbons (Fsp3) is 0.333. The van der Waals surface area contributed by atoms with Crippen LogP contribution in [0.5, 0.6) is 0 Å². The van der Waals surface area contributed by atoms with Crippen LogP contribution >= 0.6 is 22.9 Å². The van der Waals surface area contributed by atoms with Crippen LogP contribution in [0.15, 0.2) is 66.1 Å². The van der Waals surface area contributed by atoms with Crippen molar-refractivity contribution in [2.24, 2.45) is 0 Å². The van der Waals surface area contributed by atoms with Gasteiger partial charge < -0.3 is 15.1 Å². The molecule has 0 bridgehead atoms. The van der Waals surface area contributed by atoms with Gasteiger partial charge in [-0.25, -0.2) is 4.98 Å².